The first kappa shape index (κ1) is 14.3. The average molecular weight is 314 g/mol. The smallest absolute Gasteiger partial charge is 0.194 e. The Morgan fingerprint density at radius 1 is 0.583 bits per heavy atom. The molecule has 4 aromatic carbocycles. The fourth-order valence-corrected chi connectivity index (χ4v) is 3.17. The molecule has 4 aromatic rings. The highest BCUT2D eigenvalue weighted by Gasteiger charge is 2.18. The molecule has 0 amide bonds. The van der Waals surface area contributed by atoms with E-state index in [0.29, 0.717) is 21.9 Å². The Labute approximate surface area is 138 Å². The number of hydrogen-bond acceptors (Lipinski definition) is 3. The molecule has 0 aromatic heterocycles. The summed E-state index contributed by atoms with van der Waals surface area (Å²) in [5.41, 5.74) is 0.836. The minimum atomic E-state index is -0.228. The SMILES string of the molecule is O=C(c1cccc2cccc(O)c12)c1cccc2cccc(O)c12. The Balaban J connectivity index is 2.02. The van der Waals surface area contributed by atoms with Gasteiger partial charge in [0.05, 0.1) is 0 Å². The number of carbonyl (C=O) groups is 1. The second-order valence-corrected chi connectivity index (χ2v) is 5.69. The van der Waals surface area contributed by atoms with Crippen LogP contribution in [-0.4, -0.2) is 16.0 Å². The van der Waals surface area contributed by atoms with E-state index in [-0.39, 0.29) is 17.3 Å². The molecule has 0 unspecified atom stereocenters. The standard InChI is InChI=1S/C21H14O3/c22-17-11-3-7-13-5-1-9-15(19(13)17)21(24)16-10-2-6-14-8-4-12-18(23)20(14)16/h1-12,22-23H. The summed E-state index contributed by atoms with van der Waals surface area (Å²) in [5, 5.41) is 23.1. The number of rotatable bonds is 2. The monoisotopic (exact) mass is 314 g/mol. The molecule has 0 aliphatic heterocycles. The minimum absolute atomic E-state index is 0.0703. The van der Waals surface area contributed by atoms with E-state index in [4.69, 9.17) is 0 Å². The summed E-state index contributed by atoms with van der Waals surface area (Å²) in [4.78, 5) is 13.2. The van der Waals surface area contributed by atoms with E-state index < -0.39 is 0 Å². The number of ketones is 1. The van der Waals surface area contributed by atoms with E-state index in [1.54, 1.807) is 48.5 Å². The van der Waals surface area contributed by atoms with Gasteiger partial charge in [0.25, 0.3) is 0 Å². The third-order valence-electron chi connectivity index (χ3n) is 4.25. The van der Waals surface area contributed by atoms with Crippen LogP contribution in [0.3, 0.4) is 0 Å². The largest absolute Gasteiger partial charge is 0.507 e. The lowest BCUT2D eigenvalue weighted by Crippen LogP contribution is -2.03. The zero-order chi connectivity index (χ0) is 16.7. The molecule has 0 fully saturated rings. The highest BCUT2D eigenvalue weighted by molar-refractivity contribution is 6.22. The van der Waals surface area contributed by atoms with Gasteiger partial charge in [0.2, 0.25) is 0 Å². The van der Waals surface area contributed by atoms with Gasteiger partial charge < -0.3 is 10.2 Å². The van der Waals surface area contributed by atoms with Gasteiger partial charge in [0.15, 0.2) is 5.78 Å². The molecule has 24 heavy (non-hydrogen) atoms. The topological polar surface area (TPSA) is 57.5 Å². The van der Waals surface area contributed by atoms with Crippen molar-refractivity contribution in [1.82, 2.24) is 0 Å². The molecular weight excluding hydrogens is 300 g/mol. The van der Waals surface area contributed by atoms with E-state index in [2.05, 4.69) is 0 Å². The Morgan fingerprint density at radius 3 is 1.38 bits per heavy atom. The van der Waals surface area contributed by atoms with Crippen molar-refractivity contribution in [3.63, 3.8) is 0 Å². The van der Waals surface area contributed by atoms with Gasteiger partial charge in [0, 0.05) is 21.9 Å². The summed E-state index contributed by atoms with van der Waals surface area (Å²) >= 11 is 0. The number of aromatic hydroxyl groups is 2. The number of benzene rings is 4. The minimum Gasteiger partial charge on any atom is -0.507 e. The molecule has 4 rings (SSSR count). The zero-order valence-corrected chi connectivity index (χ0v) is 12.7. The molecule has 0 atom stereocenters. The number of phenols is 2. The Bertz CT molecular complexity index is 999. The van der Waals surface area contributed by atoms with Crippen LogP contribution in [0.15, 0.2) is 72.8 Å². The van der Waals surface area contributed by atoms with E-state index in [0.717, 1.165) is 10.8 Å². The highest BCUT2D eigenvalue weighted by Crippen LogP contribution is 2.33. The second-order valence-electron chi connectivity index (χ2n) is 5.69. The first-order valence-corrected chi connectivity index (χ1v) is 7.63. The summed E-state index contributed by atoms with van der Waals surface area (Å²) in [5.74, 6) is -0.0870. The second kappa shape index (κ2) is 5.39. The van der Waals surface area contributed by atoms with Crippen molar-refractivity contribution in [3.8, 4) is 11.5 Å². The zero-order valence-electron chi connectivity index (χ0n) is 12.7. The maximum Gasteiger partial charge on any atom is 0.194 e. The van der Waals surface area contributed by atoms with Crippen LogP contribution >= 0.6 is 0 Å². The Hall–Kier alpha value is -3.33. The van der Waals surface area contributed by atoms with Crippen molar-refractivity contribution in [2.45, 2.75) is 0 Å². The van der Waals surface area contributed by atoms with Gasteiger partial charge in [-0.15, -0.1) is 0 Å². The summed E-state index contributed by atoms with van der Waals surface area (Å²) in [7, 11) is 0. The number of hydrogen-bond donors (Lipinski definition) is 2. The lowest BCUT2D eigenvalue weighted by molar-refractivity contribution is 0.104. The molecule has 0 heterocycles. The first-order valence-electron chi connectivity index (χ1n) is 7.63. The van der Waals surface area contributed by atoms with Gasteiger partial charge >= 0.3 is 0 Å². The summed E-state index contributed by atoms with van der Waals surface area (Å²) in [6.07, 6.45) is 0. The fraction of sp³-hybridized carbons (Fsp3) is 0. The van der Waals surface area contributed by atoms with Crippen LogP contribution in [0, 0.1) is 0 Å². The highest BCUT2D eigenvalue weighted by atomic mass is 16.3. The predicted molar refractivity (Wildman–Crippen MR) is 94.7 cm³/mol. The molecule has 0 saturated carbocycles. The lowest BCUT2D eigenvalue weighted by Gasteiger charge is -2.10. The quantitative estimate of drug-likeness (QED) is 0.530. The Kier molecular flexibility index (Phi) is 3.21. The summed E-state index contributed by atoms with van der Waals surface area (Å²) < 4.78 is 0. The van der Waals surface area contributed by atoms with Crippen molar-refractivity contribution >= 4 is 27.3 Å². The third kappa shape index (κ3) is 2.10. The van der Waals surface area contributed by atoms with Gasteiger partial charge in [-0.25, -0.2) is 0 Å². The van der Waals surface area contributed by atoms with Crippen LogP contribution in [0.4, 0.5) is 0 Å². The van der Waals surface area contributed by atoms with Gasteiger partial charge in [0.1, 0.15) is 11.5 Å². The van der Waals surface area contributed by atoms with Gasteiger partial charge in [-0.05, 0) is 22.9 Å². The first-order chi connectivity index (χ1) is 11.7. The normalized spacial score (nSPS) is 11.0. The van der Waals surface area contributed by atoms with Crippen LogP contribution in [0.25, 0.3) is 21.5 Å². The van der Waals surface area contributed by atoms with Crippen LogP contribution < -0.4 is 0 Å². The van der Waals surface area contributed by atoms with Crippen molar-refractivity contribution in [1.29, 1.82) is 0 Å². The number of phenolic OH excluding ortho intramolecular Hbond substituents is 2. The maximum atomic E-state index is 13.2. The van der Waals surface area contributed by atoms with Crippen LogP contribution in [0.1, 0.15) is 15.9 Å². The summed E-state index contributed by atoms with van der Waals surface area (Å²) in [6.45, 7) is 0. The molecule has 0 spiro atoms. The maximum absolute atomic E-state index is 13.2. The van der Waals surface area contributed by atoms with Gasteiger partial charge in [-0.3, -0.25) is 4.79 Å². The van der Waals surface area contributed by atoms with E-state index in [1.807, 2.05) is 24.3 Å². The molecule has 0 bridgehead atoms. The van der Waals surface area contributed by atoms with Crippen molar-refractivity contribution in [2.75, 3.05) is 0 Å². The molecule has 0 radical (unpaired) electrons. The Morgan fingerprint density at radius 2 is 0.958 bits per heavy atom. The summed E-state index contributed by atoms with van der Waals surface area (Å²) in [6, 6.07) is 21.0. The molecular formula is C21H14O3. The van der Waals surface area contributed by atoms with Crippen molar-refractivity contribution < 1.29 is 15.0 Å². The predicted octanol–water partition coefficient (Wildman–Crippen LogP) is 4.64. The molecule has 3 heteroatoms. The number of carbonyl (C=O) groups excluding carboxylic acids is 1. The fourth-order valence-electron chi connectivity index (χ4n) is 3.17. The third-order valence-corrected chi connectivity index (χ3v) is 4.25. The molecule has 3 nitrogen and oxygen atoms in total. The molecule has 2 N–H and O–H groups in total. The van der Waals surface area contributed by atoms with E-state index in [1.165, 1.54) is 0 Å². The molecule has 0 aliphatic rings. The number of fused-ring (bicyclic) bond motifs is 2. The lowest BCUT2D eigenvalue weighted by atomic mass is 9.93. The van der Waals surface area contributed by atoms with E-state index in [9.17, 15) is 15.0 Å². The van der Waals surface area contributed by atoms with E-state index >= 15 is 0 Å². The molecule has 0 aliphatic carbocycles. The molecule has 116 valence electrons. The molecule has 0 saturated heterocycles. The average Bonchev–Trinajstić information content (AvgIpc) is 2.61. The van der Waals surface area contributed by atoms with Crippen LogP contribution in [-0.2, 0) is 0 Å². The van der Waals surface area contributed by atoms with Crippen molar-refractivity contribution in [2.24, 2.45) is 0 Å². The van der Waals surface area contributed by atoms with Crippen molar-refractivity contribution in [3.05, 3.63) is 83.9 Å². The van der Waals surface area contributed by atoms with Crippen LogP contribution in [0.2, 0.25) is 0 Å². The van der Waals surface area contributed by atoms with Gasteiger partial charge in [-0.1, -0.05) is 60.7 Å². The van der Waals surface area contributed by atoms with Gasteiger partial charge in [-0.2, -0.15) is 0 Å². The van der Waals surface area contributed by atoms with Crippen LogP contribution in [0.5, 0.6) is 11.5 Å².